The number of aromatic nitrogens is 2. The van der Waals surface area contributed by atoms with E-state index in [2.05, 4.69) is 10.1 Å². The van der Waals surface area contributed by atoms with Gasteiger partial charge in [-0.15, -0.1) is 0 Å². The van der Waals surface area contributed by atoms with Crippen LogP contribution in [0.25, 0.3) is 11.8 Å². The maximum Gasteiger partial charge on any atom is 0.175 e. The molecular weight excluding hydrogens is 454 g/mol. The quantitative estimate of drug-likeness (QED) is 0.587. The van der Waals surface area contributed by atoms with Crippen LogP contribution in [0.3, 0.4) is 0 Å². The molecule has 3 aromatic rings. The van der Waals surface area contributed by atoms with Gasteiger partial charge in [0.1, 0.15) is 17.4 Å². The van der Waals surface area contributed by atoms with Crippen molar-refractivity contribution in [2.75, 3.05) is 20.3 Å². The SMILES string of the molecule is COc1cc(C=C2CCCN3C2=NO[C@H](c2cc(F)cc(F)c2)[C@H]3CO)ccc1-n1cnc(C)c1. The first-order valence-corrected chi connectivity index (χ1v) is 11.4. The van der Waals surface area contributed by atoms with E-state index in [0.29, 0.717) is 23.7 Å². The number of benzene rings is 2. The van der Waals surface area contributed by atoms with Gasteiger partial charge in [-0.05, 0) is 61.2 Å². The molecule has 2 aliphatic rings. The highest BCUT2D eigenvalue weighted by molar-refractivity contribution is 6.03. The summed E-state index contributed by atoms with van der Waals surface area (Å²) in [5.41, 5.74) is 3.97. The van der Waals surface area contributed by atoms with E-state index in [0.717, 1.165) is 41.4 Å². The highest BCUT2D eigenvalue weighted by atomic mass is 19.1. The molecule has 7 nitrogen and oxygen atoms in total. The van der Waals surface area contributed by atoms with Crippen LogP contribution in [-0.2, 0) is 4.84 Å². The van der Waals surface area contributed by atoms with Crippen LogP contribution >= 0.6 is 0 Å². The van der Waals surface area contributed by atoms with Gasteiger partial charge in [-0.3, -0.25) is 0 Å². The van der Waals surface area contributed by atoms with Gasteiger partial charge in [0.2, 0.25) is 0 Å². The fourth-order valence-electron chi connectivity index (χ4n) is 4.72. The summed E-state index contributed by atoms with van der Waals surface area (Å²) in [5, 5.41) is 14.5. The molecule has 0 saturated carbocycles. The van der Waals surface area contributed by atoms with Crippen molar-refractivity contribution in [2.45, 2.75) is 31.9 Å². The first-order valence-electron chi connectivity index (χ1n) is 11.4. The molecule has 5 rings (SSSR count). The van der Waals surface area contributed by atoms with Gasteiger partial charge < -0.3 is 24.1 Å². The number of aryl methyl sites for hydroxylation is 1. The van der Waals surface area contributed by atoms with Crippen LogP contribution in [0.15, 0.2) is 59.7 Å². The Bertz CT molecular complexity index is 1280. The summed E-state index contributed by atoms with van der Waals surface area (Å²) in [6.45, 7) is 2.34. The van der Waals surface area contributed by atoms with Crippen LogP contribution in [0.5, 0.6) is 5.75 Å². The number of rotatable bonds is 5. The van der Waals surface area contributed by atoms with Gasteiger partial charge in [0.05, 0.1) is 37.5 Å². The number of piperidine rings is 1. The van der Waals surface area contributed by atoms with Crippen molar-refractivity contribution in [1.29, 1.82) is 0 Å². The van der Waals surface area contributed by atoms with Gasteiger partial charge in [0.25, 0.3) is 0 Å². The lowest BCUT2D eigenvalue weighted by atomic mass is 9.94. The molecule has 0 spiro atoms. The summed E-state index contributed by atoms with van der Waals surface area (Å²) in [6.07, 6.45) is 6.53. The number of aliphatic hydroxyl groups is 1. The molecule has 182 valence electrons. The van der Waals surface area contributed by atoms with Crippen LogP contribution in [0.2, 0.25) is 0 Å². The Morgan fingerprint density at radius 3 is 2.69 bits per heavy atom. The standard InChI is InChI=1S/C26H26F2N4O3/c1-16-13-31(15-29-16)22-6-5-17(9-24(22)34-2)8-18-4-3-7-32-23(14-33)25(35-30-26(18)32)19-10-20(27)12-21(28)11-19/h5-6,8-13,15,23,25,33H,3-4,7,14H2,1-2H3/t23-,25-/m1/s1. The van der Waals surface area contributed by atoms with Crippen LogP contribution in [0, 0.1) is 18.6 Å². The molecule has 2 aliphatic heterocycles. The molecule has 0 amide bonds. The lowest BCUT2D eigenvalue weighted by molar-refractivity contribution is -0.0395. The molecule has 1 N–H and O–H groups in total. The predicted octanol–water partition coefficient (Wildman–Crippen LogP) is 4.39. The molecule has 2 atom stereocenters. The zero-order valence-electron chi connectivity index (χ0n) is 19.5. The number of nitrogens with zero attached hydrogens (tertiary/aromatic N) is 4. The third kappa shape index (κ3) is 4.51. The highest BCUT2D eigenvalue weighted by Gasteiger charge is 2.39. The topological polar surface area (TPSA) is 72.1 Å². The Hall–Kier alpha value is -3.72. The molecule has 1 saturated heterocycles. The van der Waals surface area contributed by atoms with Crippen molar-refractivity contribution < 1.29 is 23.5 Å². The van der Waals surface area contributed by atoms with Crippen molar-refractivity contribution >= 4 is 11.9 Å². The van der Waals surface area contributed by atoms with E-state index in [1.165, 1.54) is 12.1 Å². The molecule has 9 heteroatoms. The number of fused-ring (bicyclic) bond motifs is 1. The van der Waals surface area contributed by atoms with Crippen molar-refractivity contribution in [1.82, 2.24) is 14.5 Å². The number of oxime groups is 1. The summed E-state index contributed by atoms with van der Waals surface area (Å²) in [7, 11) is 1.63. The van der Waals surface area contributed by atoms with Crippen molar-refractivity contribution in [3.8, 4) is 11.4 Å². The van der Waals surface area contributed by atoms with E-state index in [-0.39, 0.29) is 6.61 Å². The van der Waals surface area contributed by atoms with Gasteiger partial charge in [-0.25, -0.2) is 13.8 Å². The van der Waals surface area contributed by atoms with E-state index in [4.69, 9.17) is 9.57 Å². The Labute approximate surface area is 201 Å². The number of amidine groups is 1. The Kier molecular flexibility index (Phi) is 6.25. The average Bonchev–Trinajstić information content (AvgIpc) is 3.28. The van der Waals surface area contributed by atoms with E-state index >= 15 is 0 Å². The molecule has 0 unspecified atom stereocenters. The van der Waals surface area contributed by atoms with Gasteiger partial charge in [-0.1, -0.05) is 11.2 Å². The van der Waals surface area contributed by atoms with Gasteiger partial charge >= 0.3 is 0 Å². The Morgan fingerprint density at radius 1 is 1.20 bits per heavy atom. The molecule has 2 aromatic carbocycles. The zero-order valence-corrected chi connectivity index (χ0v) is 19.5. The second-order valence-electron chi connectivity index (χ2n) is 8.71. The Morgan fingerprint density at radius 2 is 2.00 bits per heavy atom. The first kappa shape index (κ1) is 23.0. The molecule has 0 aliphatic carbocycles. The number of ether oxygens (including phenoxy) is 1. The molecular formula is C26H26F2N4O3. The molecule has 35 heavy (non-hydrogen) atoms. The minimum absolute atomic E-state index is 0.248. The molecule has 0 radical (unpaired) electrons. The Balaban J connectivity index is 1.47. The van der Waals surface area contributed by atoms with Crippen molar-refractivity contribution in [3.05, 3.63) is 83.0 Å². The predicted molar refractivity (Wildman–Crippen MR) is 127 cm³/mol. The minimum atomic E-state index is -0.786. The third-order valence-corrected chi connectivity index (χ3v) is 6.34. The van der Waals surface area contributed by atoms with Crippen LogP contribution in [0.1, 0.15) is 35.8 Å². The number of imidazole rings is 1. The first-order chi connectivity index (χ1) is 17.0. The number of halogens is 2. The largest absolute Gasteiger partial charge is 0.495 e. The number of methoxy groups -OCH3 is 1. The smallest absolute Gasteiger partial charge is 0.175 e. The summed E-state index contributed by atoms with van der Waals surface area (Å²) in [4.78, 5) is 12.0. The minimum Gasteiger partial charge on any atom is -0.495 e. The van der Waals surface area contributed by atoms with Crippen LogP contribution < -0.4 is 4.74 Å². The van der Waals surface area contributed by atoms with E-state index in [1.807, 2.05) is 46.9 Å². The molecule has 1 fully saturated rings. The van der Waals surface area contributed by atoms with Gasteiger partial charge in [0.15, 0.2) is 11.9 Å². The second-order valence-corrected chi connectivity index (χ2v) is 8.71. The third-order valence-electron chi connectivity index (χ3n) is 6.34. The van der Waals surface area contributed by atoms with Crippen molar-refractivity contribution in [2.24, 2.45) is 5.16 Å². The summed E-state index contributed by atoms with van der Waals surface area (Å²) in [6, 6.07) is 8.63. The number of hydrogen-bond donors (Lipinski definition) is 1. The number of hydrogen-bond acceptors (Lipinski definition) is 6. The van der Waals surface area contributed by atoms with Crippen LogP contribution in [0.4, 0.5) is 8.78 Å². The number of aliphatic hydroxyl groups excluding tert-OH is 1. The monoisotopic (exact) mass is 480 g/mol. The maximum atomic E-state index is 13.8. The summed E-state index contributed by atoms with van der Waals surface area (Å²) < 4.78 is 35.2. The van der Waals surface area contributed by atoms with E-state index < -0.39 is 23.8 Å². The van der Waals surface area contributed by atoms with Crippen molar-refractivity contribution in [3.63, 3.8) is 0 Å². The summed E-state index contributed by atoms with van der Waals surface area (Å²) in [5.74, 6) is -0.0699. The van der Waals surface area contributed by atoms with Gasteiger partial charge in [0, 0.05) is 24.4 Å². The molecule has 0 bridgehead atoms. The lowest BCUT2D eigenvalue weighted by Gasteiger charge is -2.43. The van der Waals surface area contributed by atoms with E-state index in [1.54, 1.807) is 13.4 Å². The fourth-order valence-corrected chi connectivity index (χ4v) is 4.72. The molecule has 3 heterocycles. The normalized spacial score (nSPS) is 20.9. The van der Waals surface area contributed by atoms with Crippen LogP contribution in [-0.4, -0.2) is 51.7 Å². The lowest BCUT2D eigenvalue weighted by Crippen LogP contribution is -2.52. The van der Waals surface area contributed by atoms with Gasteiger partial charge in [-0.2, -0.15) is 0 Å². The summed E-state index contributed by atoms with van der Waals surface area (Å²) >= 11 is 0. The fraction of sp³-hybridized carbons (Fsp3) is 0.308. The highest BCUT2D eigenvalue weighted by Crippen LogP contribution is 2.35. The average molecular weight is 481 g/mol. The second kappa shape index (κ2) is 9.50. The zero-order chi connectivity index (χ0) is 24.5. The maximum absolute atomic E-state index is 13.8. The van der Waals surface area contributed by atoms with E-state index in [9.17, 15) is 13.9 Å². The molecule has 1 aromatic heterocycles.